The number of nitrogens with one attached hydrogen (secondary N) is 1. The SMILES string of the molecule is CCc1oc2ccccc2c1CNCc1cc(C(F)F)on1. The normalized spacial score (nSPS) is 11.6. The second-order valence-corrected chi connectivity index (χ2v) is 4.98. The van der Waals surface area contributed by atoms with Crippen LogP contribution in [0.5, 0.6) is 0 Å². The summed E-state index contributed by atoms with van der Waals surface area (Å²) in [6.45, 7) is 2.98. The molecule has 0 bridgehead atoms. The van der Waals surface area contributed by atoms with E-state index in [0.717, 1.165) is 28.7 Å². The third kappa shape index (κ3) is 2.87. The highest BCUT2D eigenvalue weighted by atomic mass is 19.3. The molecular weight excluding hydrogens is 290 g/mol. The number of aryl methyl sites for hydroxylation is 1. The van der Waals surface area contributed by atoms with E-state index in [9.17, 15) is 8.78 Å². The number of nitrogens with zero attached hydrogens (tertiary/aromatic N) is 1. The van der Waals surface area contributed by atoms with Crippen LogP contribution in [0.4, 0.5) is 8.78 Å². The van der Waals surface area contributed by atoms with Crippen LogP contribution in [0.1, 0.15) is 36.1 Å². The van der Waals surface area contributed by atoms with Gasteiger partial charge in [-0.15, -0.1) is 0 Å². The van der Waals surface area contributed by atoms with Crippen molar-refractivity contribution in [2.24, 2.45) is 0 Å². The zero-order valence-electron chi connectivity index (χ0n) is 12.1. The van der Waals surface area contributed by atoms with Gasteiger partial charge in [0.25, 0.3) is 6.43 Å². The third-order valence-electron chi connectivity index (χ3n) is 3.50. The van der Waals surface area contributed by atoms with E-state index in [1.165, 1.54) is 6.07 Å². The van der Waals surface area contributed by atoms with Crippen LogP contribution in [0.15, 0.2) is 39.3 Å². The molecular formula is C16H16F2N2O2. The molecule has 0 fully saturated rings. The Labute approximate surface area is 126 Å². The van der Waals surface area contributed by atoms with Crippen molar-refractivity contribution in [1.82, 2.24) is 10.5 Å². The van der Waals surface area contributed by atoms with Crippen LogP contribution in [-0.4, -0.2) is 5.16 Å². The van der Waals surface area contributed by atoms with E-state index in [1.54, 1.807) is 0 Å². The number of halogens is 2. The first kappa shape index (κ1) is 14.7. The number of rotatable bonds is 6. The molecule has 3 aromatic rings. The van der Waals surface area contributed by atoms with Gasteiger partial charge in [-0.1, -0.05) is 30.3 Å². The van der Waals surface area contributed by atoms with E-state index in [2.05, 4.69) is 15.0 Å². The van der Waals surface area contributed by atoms with Gasteiger partial charge in [0.05, 0.1) is 5.69 Å². The summed E-state index contributed by atoms with van der Waals surface area (Å²) in [7, 11) is 0. The first-order valence-electron chi connectivity index (χ1n) is 7.12. The van der Waals surface area contributed by atoms with Crippen LogP contribution in [-0.2, 0) is 19.5 Å². The van der Waals surface area contributed by atoms with Crippen molar-refractivity contribution in [2.75, 3.05) is 0 Å². The summed E-state index contributed by atoms with van der Waals surface area (Å²) in [6.07, 6.45) is -1.84. The molecule has 116 valence electrons. The molecule has 0 amide bonds. The Balaban J connectivity index is 1.70. The average Bonchev–Trinajstić information content (AvgIpc) is 3.12. The van der Waals surface area contributed by atoms with Crippen molar-refractivity contribution in [3.63, 3.8) is 0 Å². The van der Waals surface area contributed by atoms with Gasteiger partial charge in [0.1, 0.15) is 11.3 Å². The molecule has 6 heteroatoms. The summed E-state index contributed by atoms with van der Waals surface area (Å²) < 4.78 is 35.2. The Bertz CT molecular complexity index is 764. The zero-order valence-corrected chi connectivity index (χ0v) is 12.1. The van der Waals surface area contributed by atoms with E-state index in [-0.39, 0.29) is 0 Å². The van der Waals surface area contributed by atoms with Crippen LogP contribution < -0.4 is 5.32 Å². The topological polar surface area (TPSA) is 51.2 Å². The standard InChI is InChI=1S/C16H16F2N2O2/c1-2-13-12(11-5-3-4-6-14(11)21-13)9-19-8-10-7-15(16(17)18)22-20-10/h3-7,16,19H,2,8-9H2,1H3. The fourth-order valence-corrected chi connectivity index (χ4v) is 2.46. The number of para-hydroxylation sites is 1. The maximum Gasteiger partial charge on any atom is 0.298 e. The largest absolute Gasteiger partial charge is 0.461 e. The van der Waals surface area contributed by atoms with Crippen molar-refractivity contribution in [3.05, 3.63) is 53.1 Å². The molecule has 0 unspecified atom stereocenters. The Hall–Kier alpha value is -2.21. The highest BCUT2D eigenvalue weighted by Crippen LogP contribution is 2.26. The predicted molar refractivity (Wildman–Crippen MR) is 77.6 cm³/mol. The molecule has 0 radical (unpaired) electrons. The fourth-order valence-electron chi connectivity index (χ4n) is 2.46. The summed E-state index contributed by atoms with van der Waals surface area (Å²) in [5, 5.41) is 7.89. The summed E-state index contributed by atoms with van der Waals surface area (Å²) in [4.78, 5) is 0. The molecule has 3 rings (SSSR count). The monoisotopic (exact) mass is 306 g/mol. The molecule has 0 atom stereocenters. The Morgan fingerprint density at radius 1 is 1.23 bits per heavy atom. The lowest BCUT2D eigenvalue weighted by molar-refractivity contribution is 0.112. The second-order valence-electron chi connectivity index (χ2n) is 4.98. The summed E-state index contributed by atoms with van der Waals surface area (Å²) in [5.74, 6) is 0.530. The van der Waals surface area contributed by atoms with E-state index in [4.69, 9.17) is 4.42 Å². The Morgan fingerprint density at radius 2 is 2.05 bits per heavy atom. The van der Waals surface area contributed by atoms with Crippen molar-refractivity contribution < 1.29 is 17.7 Å². The minimum atomic E-state index is -2.63. The number of furan rings is 1. The van der Waals surface area contributed by atoms with Gasteiger partial charge in [0, 0.05) is 36.5 Å². The van der Waals surface area contributed by atoms with E-state index in [1.807, 2.05) is 31.2 Å². The van der Waals surface area contributed by atoms with Crippen LogP contribution in [0, 0.1) is 0 Å². The van der Waals surface area contributed by atoms with Gasteiger partial charge < -0.3 is 14.3 Å². The molecule has 0 spiro atoms. The maximum absolute atomic E-state index is 12.4. The third-order valence-corrected chi connectivity index (χ3v) is 3.50. The van der Waals surface area contributed by atoms with Crippen LogP contribution in [0.25, 0.3) is 11.0 Å². The number of hydrogen-bond donors (Lipinski definition) is 1. The van der Waals surface area contributed by atoms with E-state index >= 15 is 0 Å². The van der Waals surface area contributed by atoms with Crippen LogP contribution in [0.2, 0.25) is 0 Å². The van der Waals surface area contributed by atoms with Crippen molar-refractivity contribution in [2.45, 2.75) is 32.9 Å². The molecule has 0 saturated carbocycles. The number of benzene rings is 1. The van der Waals surface area contributed by atoms with Crippen molar-refractivity contribution in [3.8, 4) is 0 Å². The summed E-state index contributed by atoms with van der Waals surface area (Å²) in [5.41, 5.74) is 2.41. The van der Waals surface area contributed by atoms with Crippen LogP contribution >= 0.6 is 0 Å². The minimum Gasteiger partial charge on any atom is -0.461 e. The smallest absolute Gasteiger partial charge is 0.298 e. The number of aromatic nitrogens is 1. The van der Waals surface area contributed by atoms with Gasteiger partial charge in [-0.05, 0) is 6.07 Å². The lowest BCUT2D eigenvalue weighted by Crippen LogP contribution is -2.13. The quantitative estimate of drug-likeness (QED) is 0.741. The van der Waals surface area contributed by atoms with E-state index in [0.29, 0.717) is 18.8 Å². The Kier molecular flexibility index (Phi) is 4.20. The molecule has 2 heterocycles. The highest BCUT2D eigenvalue weighted by molar-refractivity contribution is 5.82. The highest BCUT2D eigenvalue weighted by Gasteiger charge is 2.15. The van der Waals surface area contributed by atoms with Gasteiger partial charge in [0.15, 0.2) is 0 Å². The molecule has 22 heavy (non-hydrogen) atoms. The first-order valence-corrected chi connectivity index (χ1v) is 7.12. The van der Waals surface area contributed by atoms with Gasteiger partial charge in [-0.3, -0.25) is 0 Å². The minimum absolute atomic E-state index is 0.360. The molecule has 1 aromatic carbocycles. The Morgan fingerprint density at radius 3 is 2.77 bits per heavy atom. The molecule has 0 aliphatic rings. The van der Waals surface area contributed by atoms with Gasteiger partial charge >= 0.3 is 0 Å². The summed E-state index contributed by atoms with van der Waals surface area (Å²) >= 11 is 0. The molecule has 0 aliphatic carbocycles. The van der Waals surface area contributed by atoms with Crippen LogP contribution in [0.3, 0.4) is 0 Å². The summed E-state index contributed by atoms with van der Waals surface area (Å²) in [6, 6.07) is 9.12. The number of hydrogen-bond acceptors (Lipinski definition) is 4. The average molecular weight is 306 g/mol. The van der Waals surface area contributed by atoms with Gasteiger partial charge in [-0.25, -0.2) is 8.78 Å². The molecule has 0 aliphatic heterocycles. The number of fused-ring (bicyclic) bond motifs is 1. The molecule has 0 saturated heterocycles. The molecule has 4 nitrogen and oxygen atoms in total. The first-order chi connectivity index (χ1) is 10.7. The fraction of sp³-hybridized carbons (Fsp3) is 0.312. The maximum atomic E-state index is 12.4. The predicted octanol–water partition coefficient (Wildman–Crippen LogP) is 4.21. The lowest BCUT2D eigenvalue weighted by atomic mass is 10.1. The van der Waals surface area contributed by atoms with Crippen molar-refractivity contribution >= 4 is 11.0 Å². The van der Waals surface area contributed by atoms with Gasteiger partial charge in [-0.2, -0.15) is 0 Å². The zero-order chi connectivity index (χ0) is 15.5. The second kappa shape index (κ2) is 6.27. The van der Waals surface area contributed by atoms with E-state index < -0.39 is 12.2 Å². The lowest BCUT2D eigenvalue weighted by Gasteiger charge is -2.03. The van der Waals surface area contributed by atoms with Crippen molar-refractivity contribution in [1.29, 1.82) is 0 Å². The van der Waals surface area contributed by atoms with Gasteiger partial charge in [0.2, 0.25) is 5.76 Å². The molecule has 1 N–H and O–H groups in total. The number of alkyl halides is 2. The molecule has 2 aromatic heterocycles.